The third-order valence-corrected chi connectivity index (χ3v) is 2.91. The van der Waals surface area contributed by atoms with Gasteiger partial charge in [-0.1, -0.05) is 30.3 Å². The summed E-state index contributed by atoms with van der Waals surface area (Å²) in [6.07, 6.45) is 0. The van der Waals surface area contributed by atoms with Gasteiger partial charge in [-0.15, -0.1) is 0 Å². The Kier molecular flexibility index (Phi) is 3.17. The molecule has 1 aromatic heterocycles. The summed E-state index contributed by atoms with van der Waals surface area (Å²) in [6.45, 7) is 2.38. The molecule has 84 valence electrons. The molecule has 0 aliphatic heterocycles. The first-order valence-electron chi connectivity index (χ1n) is 4.93. The van der Waals surface area contributed by atoms with Gasteiger partial charge in [0.2, 0.25) is 5.76 Å². The van der Waals surface area contributed by atoms with E-state index in [1.807, 2.05) is 37.3 Å². The summed E-state index contributed by atoms with van der Waals surface area (Å²) in [7, 11) is 0. The third-order valence-electron chi connectivity index (χ3n) is 2.23. The minimum atomic E-state index is -2.02. The van der Waals surface area contributed by atoms with Crippen LogP contribution in [0.2, 0.25) is 0 Å². The second-order valence-corrected chi connectivity index (χ2v) is 4.16. The first-order valence-corrected chi connectivity index (χ1v) is 6.03. The van der Waals surface area contributed by atoms with Gasteiger partial charge < -0.3 is 0 Å². The van der Waals surface area contributed by atoms with Crippen molar-refractivity contribution in [2.45, 2.75) is 18.5 Å². The second-order valence-electron chi connectivity index (χ2n) is 3.25. The number of aryl methyl sites for hydroxylation is 1. The first-order chi connectivity index (χ1) is 7.72. The van der Waals surface area contributed by atoms with Crippen LogP contribution in [0.4, 0.5) is 0 Å². The van der Waals surface area contributed by atoms with Crippen molar-refractivity contribution in [1.82, 2.24) is 0 Å². The molecule has 0 radical (unpaired) electrons. The van der Waals surface area contributed by atoms with E-state index in [9.17, 15) is 4.21 Å². The molecular weight excluding hydrogens is 226 g/mol. The maximum absolute atomic E-state index is 11.1. The monoisotopic (exact) mass is 238 g/mol. The standard InChI is InChI=1S/C11H11NO3S/c1-2-12-11(16(13)14)8-10(15-12)9-6-4-3-5-7-9/h3-8H,2H2,1H3/p+1. The highest BCUT2D eigenvalue weighted by molar-refractivity contribution is 7.79. The predicted octanol–water partition coefficient (Wildman–Crippen LogP) is 1.83. The summed E-state index contributed by atoms with van der Waals surface area (Å²) in [5.41, 5.74) is 0.890. The van der Waals surface area contributed by atoms with E-state index < -0.39 is 11.1 Å². The van der Waals surface area contributed by atoms with Crippen LogP contribution in [0.15, 0.2) is 45.9 Å². The minimum Gasteiger partial charge on any atom is -0.298 e. The molecule has 1 N–H and O–H groups in total. The van der Waals surface area contributed by atoms with Crippen LogP contribution in [-0.2, 0) is 17.6 Å². The molecule has 2 rings (SSSR count). The fraction of sp³-hybridized carbons (Fsp3) is 0.182. The van der Waals surface area contributed by atoms with Crippen LogP contribution in [0.25, 0.3) is 11.3 Å². The molecule has 1 heterocycles. The highest BCUT2D eigenvalue weighted by Crippen LogP contribution is 2.19. The fourth-order valence-corrected chi connectivity index (χ4v) is 2.02. The Balaban J connectivity index is 2.48. The Labute approximate surface area is 95.8 Å². The van der Waals surface area contributed by atoms with Gasteiger partial charge in [-0.2, -0.15) is 0 Å². The molecule has 5 heteroatoms. The Bertz CT molecular complexity index is 507. The van der Waals surface area contributed by atoms with Crippen LogP contribution in [0.1, 0.15) is 6.92 Å². The van der Waals surface area contributed by atoms with Gasteiger partial charge >= 0.3 is 5.03 Å². The molecule has 1 unspecified atom stereocenters. The van der Waals surface area contributed by atoms with Crippen molar-refractivity contribution in [2.75, 3.05) is 0 Å². The van der Waals surface area contributed by atoms with Crippen molar-refractivity contribution in [1.29, 1.82) is 0 Å². The Morgan fingerprint density at radius 1 is 1.38 bits per heavy atom. The highest BCUT2D eigenvalue weighted by Gasteiger charge is 2.23. The lowest BCUT2D eigenvalue weighted by molar-refractivity contribution is -0.888. The van der Waals surface area contributed by atoms with E-state index in [4.69, 9.17) is 9.08 Å². The van der Waals surface area contributed by atoms with E-state index >= 15 is 0 Å². The second kappa shape index (κ2) is 4.59. The van der Waals surface area contributed by atoms with Crippen LogP contribution < -0.4 is 4.74 Å². The molecule has 0 amide bonds. The maximum atomic E-state index is 11.1. The van der Waals surface area contributed by atoms with Crippen molar-refractivity contribution >= 4 is 11.1 Å². The van der Waals surface area contributed by atoms with E-state index in [1.54, 1.807) is 6.07 Å². The Morgan fingerprint density at radius 2 is 2.06 bits per heavy atom. The minimum absolute atomic E-state index is 0.279. The molecule has 0 aliphatic carbocycles. The number of benzene rings is 1. The Hall–Kier alpha value is -1.46. The number of nitrogens with zero attached hydrogens (tertiary/aromatic N) is 1. The van der Waals surface area contributed by atoms with E-state index in [1.165, 1.54) is 4.74 Å². The van der Waals surface area contributed by atoms with Gasteiger partial charge in [-0.3, -0.25) is 4.55 Å². The third kappa shape index (κ3) is 2.05. The van der Waals surface area contributed by atoms with Crippen LogP contribution in [0.5, 0.6) is 0 Å². The van der Waals surface area contributed by atoms with Crippen molar-refractivity contribution in [3.8, 4) is 11.3 Å². The zero-order valence-corrected chi connectivity index (χ0v) is 9.61. The molecule has 16 heavy (non-hydrogen) atoms. The summed E-state index contributed by atoms with van der Waals surface area (Å²) in [4.78, 5) is 0. The lowest BCUT2D eigenvalue weighted by Crippen LogP contribution is -2.34. The summed E-state index contributed by atoms with van der Waals surface area (Å²) in [5.74, 6) is 0.597. The maximum Gasteiger partial charge on any atom is 0.345 e. The predicted molar refractivity (Wildman–Crippen MR) is 59.1 cm³/mol. The molecule has 0 saturated carbocycles. The molecule has 1 aromatic carbocycles. The van der Waals surface area contributed by atoms with Crippen LogP contribution in [-0.4, -0.2) is 8.76 Å². The molecule has 0 spiro atoms. The summed E-state index contributed by atoms with van der Waals surface area (Å²) in [6, 6.07) is 11.1. The molecule has 0 saturated heterocycles. The average Bonchev–Trinajstić information content (AvgIpc) is 2.74. The zero-order valence-electron chi connectivity index (χ0n) is 8.79. The van der Waals surface area contributed by atoms with Gasteiger partial charge in [0, 0.05) is 5.56 Å². The first kappa shape index (κ1) is 11.0. The lowest BCUT2D eigenvalue weighted by Gasteiger charge is -1.89. The van der Waals surface area contributed by atoms with Gasteiger partial charge in [0.05, 0.1) is 6.07 Å². The largest absolute Gasteiger partial charge is 0.345 e. The van der Waals surface area contributed by atoms with Crippen molar-refractivity contribution in [3.05, 3.63) is 36.4 Å². The quantitative estimate of drug-likeness (QED) is 0.655. The highest BCUT2D eigenvalue weighted by atomic mass is 32.2. The van der Waals surface area contributed by atoms with E-state index in [0.717, 1.165) is 5.56 Å². The van der Waals surface area contributed by atoms with Crippen LogP contribution >= 0.6 is 0 Å². The summed E-state index contributed by atoms with van der Waals surface area (Å²) >= 11 is -2.02. The number of aromatic nitrogens is 1. The average molecular weight is 238 g/mol. The van der Waals surface area contributed by atoms with Gasteiger partial charge in [-0.25, -0.2) is 8.73 Å². The van der Waals surface area contributed by atoms with Crippen molar-refractivity contribution in [3.63, 3.8) is 0 Å². The van der Waals surface area contributed by atoms with Gasteiger partial charge in [0.1, 0.15) is 0 Å². The van der Waals surface area contributed by atoms with E-state index in [-0.39, 0.29) is 5.03 Å². The SMILES string of the molecule is CC[n+]1oc(-c2ccccc2)cc1S(=O)O. The summed E-state index contributed by atoms with van der Waals surface area (Å²) in [5, 5.41) is 0.279. The fourth-order valence-electron chi connectivity index (χ4n) is 1.47. The zero-order chi connectivity index (χ0) is 11.5. The van der Waals surface area contributed by atoms with Gasteiger partial charge in [-0.05, 0) is 11.7 Å². The van der Waals surface area contributed by atoms with Crippen molar-refractivity contribution < 1.29 is 18.0 Å². The molecular formula is C11H12NO3S+. The molecule has 2 aromatic rings. The summed E-state index contributed by atoms with van der Waals surface area (Å²) < 4.78 is 27.0. The van der Waals surface area contributed by atoms with Crippen LogP contribution in [0.3, 0.4) is 0 Å². The number of hydrogen-bond acceptors (Lipinski definition) is 2. The molecule has 0 bridgehead atoms. The smallest absolute Gasteiger partial charge is 0.298 e. The number of hydrogen-bond donors (Lipinski definition) is 1. The molecule has 0 fully saturated rings. The van der Waals surface area contributed by atoms with Crippen molar-refractivity contribution in [2.24, 2.45) is 0 Å². The number of rotatable bonds is 3. The normalized spacial score (nSPS) is 12.6. The molecule has 4 nitrogen and oxygen atoms in total. The van der Waals surface area contributed by atoms with E-state index in [2.05, 4.69) is 0 Å². The topological polar surface area (TPSA) is 54.3 Å². The van der Waals surface area contributed by atoms with Crippen LogP contribution in [0, 0.1) is 0 Å². The molecule has 0 aliphatic rings. The lowest BCUT2D eigenvalue weighted by atomic mass is 10.2. The van der Waals surface area contributed by atoms with Gasteiger partial charge in [0.15, 0.2) is 6.54 Å². The van der Waals surface area contributed by atoms with Gasteiger partial charge in [0.25, 0.3) is 11.1 Å². The van der Waals surface area contributed by atoms with E-state index in [0.29, 0.717) is 12.3 Å². The Morgan fingerprint density at radius 3 is 2.56 bits per heavy atom. The molecule has 1 atom stereocenters.